The van der Waals surface area contributed by atoms with Crippen molar-refractivity contribution in [2.75, 3.05) is 13.1 Å². The number of hydrogen-bond donors (Lipinski definition) is 4. The van der Waals surface area contributed by atoms with E-state index in [1.807, 2.05) is 35.0 Å². The van der Waals surface area contributed by atoms with Crippen LogP contribution in [0.4, 0.5) is 0 Å². The maximum Gasteiger partial charge on any atom is 0.258 e. The van der Waals surface area contributed by atoms with Crippen molar-refractivity contribution in [3.8, 4) is 0 Å². The van der Waals surface area contributed by atoms with Gasteiger partial charge in [0.2, 0.25) is 0 Å². The van der Waals surface area contributed by atoms with Gasteiger partial charge in [-0.15, -0.1) is 45.3 Å². The third-order valence-corrected chi connectivity index (χ3v) is 22.7. The zero-order chi connectivity index (χ0) is 58.7. The van der Waals surface area contributed by atoms with Gasteiger partial charge in [0.15, 0.2) is 11.2 Å². The molecule has 0 aromatic carbocycles. The van der Waals surface area contributed by atoms with E-state index in [-0.39, 0.29) is 11.8 Å². The minimum atomic E-state index is -2.31. The second-order valence-corrected chi connectivity index (χ2v) is 29.2. The van der Waals surface area contributed by atoms with Crippen LogP contribution >= 0.6 is 45.3 Å². The Morgan fingerprint density at radius 1 is 0.427 bits per heavy atom. The molecule has 4 N–H and O–H groups in total. The van der Waals surface area contributed by atoms with E-state index in [9.17, 15) is 10.2 Å². The number of carbonyl (C=O) groups excluding carboxylic acids is 4. The maximum atomic E-state index is 15.1. The number of aliphatic hydroxyl groups is 2. The molecule has 464 valence electrons. The fourth-order valence-corrected chi connectivity index (χ4v) is 17.4. The smallest absolute Gasteiger partial charge is 0.258 e. The van der Waals surface area contributed by atoms with Crippen molar-refractivity contribution in [2.24, 2.45) is 23.7 Å². The van der Waals surface area contributed by atoms with E-state index in [1.54, 1.807) is 0 Å². The van der Waals surface area contributed by atoms with Crippen LogP contribution in [0.2, 0.25) is 0 Å². The Hall–Kier alpha value is -2.48. The molecule has 0 saturated heterocycles. The minimum Gasteiger partial charge on any atom is -0.374 e. The summed E-state index contributed by atoms with van der Waals surface area (Å²) >= 11 is 5.62. The summed E-state index contributed by atoms with van der Waals surface area (Å²) in [7, 11) is 0. The molecule has 0 aliphatic heterocycles. The van der Waals surface area contributed by atoms with Crippen molar-refractivity contribution >= 4 is 87.5 Å². The van der Waals surface area contributed by atoms with Crippen LogP contribution in [-0.4, -0.2) is 46.7 Å². The molecule has 4 aromatic rings. The van der Waals surface area contributed by atoms with E-state index in [2.05, 4.69) is 38.3 Å². The van der Waals surface area contributed by atoms with Crippen molar-refractivity contribution in [3.05, 3.63) is 44.8 Å². The molecule has 1 saturated carbocycles. The van der Waals surface area contributed by atoms with Gasteiger partial charge in [0.05, 0.1) is 11.8 Å². The van der Waals surface area contributed by atoms with Gasteiger partial charge in [-0.1, -0.05) is 259 Å². The van der Waals surface area contributed by atoms with Crippen LogP contribution in [-0.2, 0) is 30.4 Å². The lowest BCUT2D eigenvalue weighted by atomic mass is 9.66. The number of unbranched alkanes of at least 4 members (excludes halogenated alkanes) is 32. The predicted octanol–water partition coefficient (Wildman–Crippen LogP) is 20.6. The number of fused-ring (bicyclic) bond motifs is 2. The number of ketones is 2. The second kappa shape index (κ2) is 40.8. The van der Waals surface area contributed by atoms with E-state index in [0.717, 1.165) is 83.0 Å². The number of nitrogens with one attached hydrogen (secondary N) is 2. The first-order valence-electron chi connectivity index (χ1n) is 34.0. The van der Waals surface area contributed by atoms with Crippen LogP contribution in [0.15, 0.2) is 35.0 Å². The van der Waals surface area contributed by atoms with E-state index in [0.29, 0.717) is 22.8 Å². The molecule has 4 aromatic heterocycles. The quantitative estimate of drug-likeness (QED) is 0.0326. The van der Waals surface area contributed by atoms with Gasteiger partial charge in [0.1, 0.15) is 11.6 Å². The SMILES string of the molecule is CCCCCCCCCCCCC(CCCCCCCCCC)CNC(=O)C(O)(c1cc2sccc2s1)C1CC(=O)C(C(O)(C(=O)NCC(CCCCCCCCCC)CCCCCCCCCCCC)c2cc3sccc3s2)CC1=O. The molecule has 0 radical (unpaired) electrons. The van der Waals surface area contributed by atoms with Gasteiger partial charge in [-0.2, -0.15) is 0 Å². The predicted molar refractivity (Wildman–Crippen MR) is 354 cm³/mol. The van der Waals surface area contributed by atoms with E-state index < -0.39 is 59.3 Å². The number of rotatable bonds is 50. The molecule has 1 fully saturated rings. The van der Waals surface area contributed by atoms with Crippen molar-refractivity contribution in [3.63, 3.8) is 0 Å². The number of amides is 2. The molecule has 82 heavy (non-hydrogen) atoms. The maximum absolute atomic E-state index is 15.1. The highest BCUT2D eigenvalue weighted by Crippen LogP contribution is 2.49. The van der Waals surface area contributed by atoms with Crippen LogP contribution in [0.25, 0.3) is 18.8 Å². The second-order valence-electron chi connectivity index (χ2n) is 25.1. The molecule has 12 heteroatoms. The van der Waals surface area contributed by atoms with Gasteiger partial charge in [-0.25, -0.2) is 0 Å². The molecular formula is C70H114N2O6S4. The fourth-order valence-electron chi connectivity index (χ4n) is 12.9. The summed E-state index contributed by atoms with van der Waals surface area (Å²) in [5, 5.41) is 36.6. The molecule has 6 unspecified atom stereocenters. The van der Waals surface area contributed by atoms with Crippen molar-refractivity contribution < 1.29 is 29.4 Å². The first-order valence-corrected chi connectivity index (χ1v) is 37.4. The van der Waals surface area contributed by atoms with Gasteiger partial charge in [-0.05, 0) is 72.5 Å². The molecule has 4 heterocycles. The average molecular weight is 1210 g/mol. The lowest BCUT2D eigenvalue weighted by Crippen LogP contribution is -2.59. The van der Waals surface area contributed by atoms with Gasteiger partial charge < -0.3 is 20.8 Å². The molecule has 0 spiro atoms. The lowest BCUT2D eigenvalue weighted by molar-refractivity contribution is -0.168. The molecule has 2 amide bonds. The number of carbonyl (C=O) groups is 4. The van der Waals surface area contributed by atoms with Crippen LogP contribution < -0.4 is 10.6 Å². The Morgan fingerprint density at radius 3 is 0.939 bits per heavy atom. The first kappa shape index (κ1) is 70.3. The van der Waals surface area contributed by atoms with Crippen LogP contribution in [0, 0.1) is 23.7 Å². The van der Waals surface area contributed by atoms with Crippen molar-refractivity contribution in [2.45, 2.75) is 309 Å². The van der Waals surface area contributed by atoms with Crippen LogP contribution in [0.5, 0.6) is 0 Å². The fraction of sp³-hybridized carbons (Fsp3) is 0.771. The highest BCUT2D eigenvalue weighted by atomic mass is 32.1. The summed E-state index contributed by atoms with van der Waals surface area (Å²) < 4.78 is 3.63. The molecule has 5 rings (SSSR count). The Bertz CT molecular complexity index is 2130. The number of Topliss-reactive ketones (excluding diaryl/α,β-unsaturated/α-hetero) is 2. The Morgan fingerprint density at radius 2 is 0.683 bits per heavy atom. The third kappa shape index (κ3) is 23.3. The molecule has 1 aliphatic carbocycles. The summed E-state index contributed by atoms with van der Waals surface area (Å²) in [6.07, 6.45) is 48.0. The summed E-state index contributed by atoms with van der Waals surface area (Å²) in [5.41, 5.74) is -4.63. The zero-order valence-corrected chi connectivity index (χ0v) is 55.3. The van der Waals surface area contributed by atoms with E-state index >= 15 is 19.2 Å². The highest BCUT2D eigenvalue weighted by molar-refractivity contribution is 7.27. The van der Waals surface area contributed by atoms with Crippen LogP contribution in [0.3, 0.4) is 0 Å². The molecule has 1 aliphatic rings. The molecule has 6 atom stereocenters. The minimum absolute atomic E-state index is 0.228. The highest BCUT2D eigenvalue weighted by Gasteiger charge is 2.59. The monoisotopic (exact) mass is 1210 g/mol. The number of thiophene rings is 4. The summed E-state index contributed by atoms with van der Waals surface area (Å²) in [4.78, 5) is 60.8. The van der Waals surface area contributed by atoms with Gasteiger partial charge in [0.25, 0.3) is 11.8 Å². The third-order valence-electron chi connectivity index (χ3n) is 18.3. The van der Waals surface area contributed by atoms with Crippen molar-refractivity contribution in [1.82, 2.24) is 10.6 Å². The molecule has 0 bridgehead atoms. The molecular weight excluding hydrogens is 1090 g/mol. The summed E-state index contributed by atoms with van der Waals surface area (Å²) in [6, 6.07) is 7.56. The first-order chi connectivity index (χ1) is 40.0. The Balaban J connectivity index is 1.30. The summed E-state index contributed by atoms with van der Waals surface area (Å²) in [5.74, 6) is -4.58. The topological polar surface area (TPSA) is 133 Å². The van der Waals surface area contributed by atoms with Gasteiger partial charge >= 0.3 is 0 Å². The van der Waals surface area contributed by atoms with Crippen LogP contribution in [0.1, 0.15) is 307 Å². The normalized spacial score (nSPS) is 17.1. The van der Waals surface area contributed by atoms with Crippen molar-refractivity contribution in [1.29, 1.82) is 0 Å². The Labute approximate surface area is 514 Å². The number of hydrogen-bond acceptors (Lipinski definition) is 10. The average Bonchev–Trinajstić information content (AvgIpc) is 4.36. The van der Waals surface area contributed by atoms with E-state index in [1.165, 1.54) is 238 Å². The summed E-state index contributed by atoms with van der Waals surface area (Å²) in [6.45, 7) is 9.81. The van der Waals surface area contributed by atoms with Gasteiger partial charge in [-0.3, -0.25) is 19.2 Å². The standard InChI is InChI=1S/C70H114N2O6S4/c1-5-9-13-17-21-25-27-31-35-39-43-55(41-37-33-29-23-19-15-11-7-3)53-71-67(75)69(77,65-51-63-61(81-65)45-47-79-63)57-49-60(74)58(50-59(57)73)70(78,66-52-64-62(82-66)46-48-80-64)68(76)72-54-56(42-38-34-30-24-20-16-12-8-4)44-40-36-32-28-26-22-18-14-10-6-2/h45-48,51-52,55-58,77-78H,5-44,49-50,53-54H2,1-4H3,(H,71,75)(H,72,76). The lowest BCUT2D eigenvalue weighted by Gasteiger charge is -2.41. The largest absolute Gasteiger partial charge is 0.374 e. The molecule has 8 nitrogen and oxygen atoms in total. The van der Waals surface area contributed by atoms with E-state index in [4.69, 9.17) is 0 Å². The van der Waals surface area contributed by atoms with Gasteiger partial charge in [0, 0.05) is 54.5 Å². The zero-order valence-electron chi connectivity index (χ0n) is 52.0. The Kier molecular flexibility index (Phi) is 35.0.